The van der Waals surface area contributed by atoms with Crippen LogP contribution in [0.25, 0.3) is 0 Å². The summed E-state index contributed by atoms with van der Waals surface area (Å²) in [6, 6.07) is 8.89. The monoisotopic (exact) mass is 364 g/mol. The van der Waals surface area contributed by atoms with Gasteiger partial charge in [-0.1, -0.05) is 24.3 Å². The maximum atomic E-state index is 12.1. The number of rotatable bonds is 6. The van der Waals surface area contributed by atoms with Crippen LogP contribution >= 0.6 is 12.4 Å². The van der Waals surface area contributed by atoms with Gasteiger partial charge in [0.15, 0.2) is 0 Å². The highest BCUT2D eigenvalue weighted by molar-refractivity contribution is 5.85. The molecule has 4 nitrogen and oxygen atoms in total. The SMILES string of the molecule is Cl.O=C(CNCC1CCCO1)NCC1CC12CCCc1ccccc12. The molecule has 25 heavy (non-hydrogen) atoms. The van der Waals surface area contributed by atoms with E-state index in [-0.39, 0.29) is 18.3 Å². The summed E-state index contributed by atoms with van der Waals surface area (Å²) in [7, 11) is 0. The second kappa shape index (κ2) is 8.07. The van der Waals surface area contributed by atoms with Gasteiger partial charge in [-0.3, -0.25) is 4.79 Å². The molecular weight excluding hydrogens is 336 g/mol. The van der Waals surface area contributed by atoms with Crippen molar-refractivity contribution in [3.8, 4) is 0 Å². The van der Waals surface area contributed by atoms with E-state index in [1.54, 1.807) is 5.56 Å². The van der Waals surface area contributed by atoms with Crippen LogP contribution in [0.5, 0.6) is 0 Å². The molecule has 0 radical (unpaired) electrons. The summed E-state index contributed by atoms with van der Waals surface area (Å²) in [6.07, 6.45) is 7.55. The largest absolute Gasteiger partial charge is 0.377 e. The molecule has 1 aromatic rings. The summed E-state index contributed by atoms with van der Waals surface area (Å²) in [4.78, 5) is 12.1. The molecule has 0 aromatic heterocycles. The zero-order chi connectivity index (χ0) is 16.4. The average molecular weight is 365 g/mol. The molecule has 3 atom stereocenters. The van der Waals surface area contributed by atoms with Crippen molar-refractivity contribution in [3.05, 3.63) is 35.4 Å². The lowest BCUT2D eigenvalue weighted by Gasteiger charge is -2.26. The summed E-state index contributed by atoms with van der Waals surface area (Å²) >= 11 is 0. The Hall–Kier alpha value is -1.10. The Balaban J connectivity index is 0.00000182. The molecule has 1 spiro atoms. The van der Waals surface area contributed by atoms with E-state index in [4.69, 9.17) is 4.74 Å². The van der Waals surface area contributed by atoms with Crippen LogP contribution in [0.1, 0.15) is 43.2 Å². The zero-order valence-corrected chi connectivity index (χ0v) is 15.6. The topological polar surface area (TPSA) is 50.4 Å². The molecule has 5 heteroatoms. The van der Waals surface area contributed by atoms with Gasteiger partial charge >= 0.3 is 0 Å². The Morgan fingerprint density at radius 2 is 2.12 bits per heavy atom. The van der Waals surface area contributed by atoms with E-state index < -0.39 is 0 Å². The van der Waals surface area contributed by atoms with Crippen molar-refractivity contribution in [2.24, 2.45) is 5.92 Å². The summed E-state index contributed by atoms with van der Waals surface area (Å²) in [5.41, 5.74) is 3.43. The van der Waals surface area contributed by atoms with E-state index >= 15 is 0 Å². The van der Waals surface area contributed by atoms with Gasteiger partial charge in [0, 0.05) is 25.1 Å². The molecule has 1 amide bonds. The first kappa shape index (κ1) is 18.7. The lowest BCUT2D eigenvalue weighted by atomic mass is 9.78. The van der Waals surface area contributed by atoms with Crippen molar-refractivity contribution in [1.29, 1.82) is 0 Å². The van der Waals surface area contributed by atoms with Crippen molar-refractivity contribution in [2.75, 3.05) is 26.2 Å². The molecule has 3 unspecified atom stereocenters. The number of hydrogen-bond donors (Lipinski definition) is 2. The zero-order valence-electron chi connectivity index (χ0n) is 14.8. The van der Waals surface area contributed by atoms with E-state index in [1.165, 1.54) is 31.2 Å². The highest BCUT2D eigenvalue weighted by atomic mass is 35.5. The Morgan fingerprint density at radius 1 is 1.24 bits per heavy atom. The van der Waals surface area contributed by atoms with Gasteiger partial charge in [0.2, 0.25) is 5.91 Å². The van der Waals surface area contributed by atoms with E-state index in [2.05, 4.69) is 34.9 Å². The molecule has 2 fully saturated rings. The first-order chi connectivity index (χ1) is 11.8. The second-order valence-electron chi connectivity index (χ2n) is 7.64. The number of carbonyl (C=O) groups is 1. The fourth-order valence-electron chi connectivity index (χ4n) is 4.69. The van der Waals surface area contributed by atoms with Gasteiger partial charge in [0.1, 0.15) is 0 Å². The van der Waals surface area contributed by atoms with Gasteiger partial charge in [-0.25, -0.2) is 0 Å². The van der Waals surface area contributed by atoms with Gasteiger partial charge in [-0.2, -0.15) is 0 Å². The standard InChI is InChI=1S/C20H28N2O2.ClH/c23-19(14-21-13-17-7-4-10-24-17)22-12-16-11-20(16)9-3-6-15-5-1-2-8-18(15)20;/h1-2,5,8,16-17,21H,3-4,6-7,9-14H2,(H,22,23);1H. The lowest BCUT2D eigenvalue weighted by molar-refractivity contribution is -0.120. The van der Waals surface area contributed by atoms with Crippen molar-refractivity contribution < 1.29 is 9.53 Å². The van der Waals surface area contributed by atoms with E-state index in [9.17, 15) is 4.79 Å². The molecule has 1 saturated heterocycles. The normalized spacial score (nSPS) is 29.8. The first-order valence-corrected chi connectivity index (χ1v) is 9.45. The molecule has 138 valence electrons. The number of fused-ring (bicyclic) bond motifs is 2. The summed E-state index contributed by atoms with van der Waals surface area (Å²) < 4.78 is 5.56. The average Bonchev–Trinajstić information content (AvgIpc) is 3.03. The van der Waals surface area contributed by atoms with Gasteiger partial charge in [-0.05, 0) is 55.6 Å². The van der Waals surface area contributed by atoms with Crippen LogP contribution in [-0.4, -0.2) is 38.3 Å². The van der Waals surface area contributed by atoms with Gasteiger partial charge < -0.3 is 15.4 Å². The third kappa shape index (κ3) is 4.02. The first-order valence-electron chi connectivity index (χ1n) is 9.45. The molecule has 1 aliphatic heterocycles. The number of carbonyl (C=O) groups excluding carboxylic acids is 1. The third-order valence-electron chi connectivity index (χ3n) is 6.08. The Labute approximate surface area is 156 Å². The van der Waals surface area contributed by atoms with E-state index in [1.807, 2.05) is 0 Å². The van der Waals surface area contributed by atoms with Crippen LogP contribution in [0.15, 0.2) is 24.3 Å². The summed E-state index contributed by atoms with van der Waals surface area (Å²) in [5, 5.41) is 6.35. The van der Waals surface area contributed by atoms with Gasteiger partial charge in [-0.15, -0.1) is 12.4 Å². The lowest BCUT2D eigenvalue weighted by Crippen LogP contribution is -2.38. The third-order valence-corrected chi connectivity index (χ3v) is 6.08. The molecule has 0 bridgehead atoms. The molecule has 1 heterocycles. The molecular formula is C20H29ClN2O2. The highest BCUT2D eigenvalue weighted by Crippen LogP contribution is 2.59. The highest BCUT2D eigenvalue weighted by Gasteiger charge is 2.56. The van der Waals surface area contributed by atoms with Crippen LogP contribution in [0.2, 0.25) is 0 Å². The number of aryl methyl sites for hydroxylation is 1. The number of ether oxygens (including phenoxy) is 1. The predicted molar refractivity (Wildman–Crippen MR) is 101 cm³/mol. The minimum atomic E-state index is 0. The quantitative estimate of drug-likeness (QED) is 0.815. The number of nitrogens with one attached hydrogen (secondary N) is 2. The molecule has 2 N–H and O–H groups in total. The molecule has 4 rings (SSSR count). The fraction of sp³-hybridized carbons (Fsp3) is 0.650. The molecule has 3 aliphatic rings. The van der Waals surface area contributed by atoms with Crippen molar-refractivity contribution in [3.63, 3.8) is 0 Å². The smallest absolute Gasteiger partial charge is 0.233 e. The van der Waals surface area contributed by atoms with Crippen LogP contribution in [0.4, 0.5) is 0 Å². The number of halogens is 1. The minimum Gasteiger partial charge on any atom is -0.377 e. The van der Waals surface area contributed by atoms with Crippen LogP contribution in [-0.2, 0) is 21.4 Å². The molecule has 1 saturated carbocycles. The minimum absolute atomic E-state index is 0. The second-order valence-corrected chi connectivity index (χ2v) is 7.64. The van der Waals surface area contributed by atoms with Crippen LogP contribution in [0, 0.1) is 5.92 Å². The molecule has 1 aromatic carbocycles. The maximum Gasteiger partial charge on any atom is 0.233 e. The number of hydrogen-bond acceptors (Lipinski definition) is 3. The predicted octanol–water partition coefficient (Wildman–Crippen LogP) is 2.59. The van der Waals surface area contributed by atoms with E-state index in [0.29, 0.717) is 24.0 Å². The summed E-state index contributed by atoms with van der Waals surface area (Å²) in [5.74, 6) is 0.722. The Bertz CT molecular complexity index is 603. The van der Waals surface area contributed by atoms with Gasteiger partial charge in [0.25, 0.3) is 0 Å². The van der Waals surface area contributed by atoms with Crippen LogP contribution in [0.3, 0.4) is 0 Å². The summed E-state index contributed by atoms with van der Waals surface area (Å²) in [6.45, 7) is 2.86. The Kier molecular flexibility index (Phi) is 6.03. The van der Waals surface area contributed by atoms with Crippen molar-refractivity contribution in [1.82, 2.24) is 10.6 Å². The fourth-order valence-corrected chi connectivity index (χ4v) is 4.69. The molecule has 2 aliphatic carbocycles. The van der Waals surface area contributed by atoms with E-state index in [0.717, 1.165) is 32.5 Å². The number of amides is 1. The van der Waals surface area contributed by atoms with Crippen molar-refractivity contribution in [2.45, 2.75) is 50.0 Å². The number of benzene rings is 1. The Morgan fingerprint density at radius 3 is 2.96 bits per heavy atom. The maximum absolute atomic E-state index is 12.1. The van der Waals surface area contributed by atoms with Crippen LogP contribution < -0.4 is 10.6 Å². The van der Waals surface area contributed by atoms with Crippen molar-refractivity contribution >= 4 is 18.3 Å². The van der Waals surface area contributed by atoms with Gasteiger partial charge in [0.05, 0.1) is 12.6 Å².